The molecule has 0 aliphatic carbocycles. The molecule has 17 amide bonds. The fourth-order valence-electron chi connectivity index (χ4n) is 15.5. The number of thioether (sulfide) groups is 1. The van der Waals surface area contributed by atoms with Gasteiger partial charge in [0.1, 0.15) is 90.3 Å². The first-order chi connectivity index (χ1) is 61.5. The molecule has 42 nitrogen and oxygen atoms in total. The van der Waals surface area contributed by atoms with Crippen molar-refractivity contribution in [2.75, 3.05) is 78.6 Å². The molecule has 23 N–H and O–H groups in total. The molecule has 2 aromatic heterocycles. The highest BCUT2D eigenvalue weighted by molar-refractivity contribution is 8.00. The number of carbonyl (C=O) groups excluding carboxylic acids is 17. The SMILES string of the molecule is CCCC[C@H]1C(=O)N(C)[C@@H](CCCC)C(=O)N[C@@H](CCCNC(=N)N)C(=O)NC(C(=O)NCC(N)=O)CSCC(=O)N[C@@H](Cc2ccc(O)cc2)C(=O)N(C)[C@@H](C)C(=O)N[C@@H](CC(N)=O)C(=O)N2CCC[C@H]2C(=O)N[C@@H](CO)C(=O)N[C@@H](CO)C(=O)N2CCC[C@H]2C(=O)N[C@@H](Cc2c[nH]c3ccccc23)C(=O)N[C@@H](CO)C(=O)N[C@@H](Cc2csc3ccccc23)C(=O)N1C. The Morgan fingerprint density at radius 3 is 1.62 bits per heavy atom. The van der Waals surface area contributed by atoms with Crippen molar-refractivity contribution < 1.29 is 102 Å². The molecule has 1 unspecified atom stereocenters. The van der Waals surface area contributed by atoms with Crippen LogP contribution in [0.2, 0.25) is 0 Å². The standard InChI is InChI=1S/C85H119N21O21S2/c1-7-9-22-63-77(120)94-54(21-15-31-90-85(88)89)73(116)101-62(72(115)92-39-69(87)112)44-128-45-70(113)93-56(34-47-27-29-50(110)30-28-47)80(123)102(4)46(3)71(114)96-58(37-68(86)111)82(125)105-32-16-25-65(105)79(122)99-60(41-108)76(119)100-61(42-109)83(126)106-33-17-24-64(106)78(121)95-55(35-48-38-91-53-20-13-11-18-51(48)53)74(117)98-59(40-107)75(118)97-57(36-49-43-129-67-26-14-12-19-52(49)67)81(124)104(6)66(23-10-8-2)84(127)103(63)5/h11-14,18-20,26-30,38,43,46,54-66,91,107-110H,7-10,15-17,21-25,31-37,39-42,44-45H2,1-6H3,(H2,86,111)(H2,87,112)(H,92,115)(H,93,113)(H,94,120)(H,95,121)(H,96,114)(H,97,118)(H,98,117)(H,99,122)(H,100,119)(H,101,116)(H4,88,89,90)/t46-,54-,55-,56-,57-,58-,59-,60-,61-,62?,63-,64-,65-,66-/m0/s1. The van der Waals surface area contributed by atoms with Gasteiger partial charge in [0.05, 0.1) is 38.5 Å². The minimum Gasteiger partial charge on any atom is -0.508 e. The van der Waals surface area contributed by atoms with E-state index in [1.165, 1.54) is 63.7 Å². The van der Waals surface area contributed by atoms with Gasteiger partial charge in [-0.05, 0) is 110 Å². The molecular weight excluding hydrogens is 1720 g/mol. The van der Waals surface area contributed by atoms with Crippen molar-refractivity contribution in [3.8, 4) is 5.75 Å². The Morgan fingerprint density at radius 2 is 1.02 bits per heavy atom. The van der Waals surface area contributed by atoms with Crippen LogP contribution in [0.25, 0.3) is 21.0 Å². The second kappa shape index (κ2) is 49.1. The molecule has 44 heteroatoms. The quantitative estimate of drug-likeness (QED) is 0.0158. The Balaban J connectivity index is 1.17. The zero-order valence-corrected chi connectivity index (χ0v) is 74.5. The van der Waals surface area contributed by atoms with Crippen molar-refractivity contribution in [2.45, 2.75) is 208 Å². The lowest BCUT2D eigenvalue weighted by atomic mass is 10.00. The van der Waals surface area contributed by atoms with Crippen LogP contribution >= 0.6 is 23.1 Å². The number of guanidine groups is 1. The van der Waals surface area contributed by atoms with Crippen molar-refractivity contribution in [1.29, 1.82) is 5.41 Å². The van der Waals surface area contributed by atoms with Crippen molar-refractivity contribution in [2.24, 2.45) is 17.2 Å². The number of nitrogens with zero attached hydrogens (tertiary/aromatic N) is 5. The molecule has 0 saturated carbocycles. The molecule has 3 saturated heterocycles. The van der Waals surface area contributed by atoms with Gasteiger partial charge in [-0.15, -0.1) is 23.1 Å². The van der Waals surface area contributed by atoms with Crippen LogP contribution in [-0.2, 0) is 101 Å². The molecule has 8 rings (SSSR count). The number of benzene rings is 3. The molecule has 3 aromatic carbocycles. The van der Waals surface area contributed by atoms with Crippen LogP contribution in [0, 0.1) is 5.41 Å². The Bertz CT molecular complexity index is 4860. The van der Waals surface area contributed by atoms with E-state index in [4.69, 9.17) is 22.6 Å². The van der Waals surface area contributed by atoms with Crippen molar-refractivity contribution >= 4 is 150 Å². The van der Waals surface area contributed by atoms with Crippen molar-refractivity contribution in [1.82, 2.24) is 88.0 Å². The first-order valence-corrected chi connectivity index (χ1v) is 44.8. The number of aliphatic hydroxyl groups is 3. The van der Waals surface area contributed by atoms with Gasteiger partial charge in [-0.2, -0.15) is 0 Å². The number of hydrogen-bond donors (Lipinski definition) is 20. The maximum absolute atomic E-state index is 15.7. The molecule has 5 heterocycles. The minimum absolute atomic E-state index is 0.00307. The zero-order valence-electron chi connectivity index (χ0n) is 72.9. The Hall–Kier alpha value is -12.6. The summed E-state index contributed by atoms with van der Waals surface area (Å²) in [4.78, 5) is 255. The average Bonchev–Trinajstić information content (AvgIpc) is 1.74. The van der Waals surface area contributed by atoms with Gasteiger partial charge >= 0.3 is 0 Å². The molecule has 3 aliphatic rings. The summed E-state index contributed by atoms with van der Waals surface area (Å²) < 4.78 is 0.810. The molecular formula is C85H119N21O21S2. The number of fused-ring (bicyclic) bond motifs is 4. The second-order valence-electron chi connectivity index (χ2n) is 32.1. The van der Waals surface area contributed by atoms with E-state index in [9.17, 15) is 78.0 Å². The van der Waals surface area contributed by atoms with E-state index in [1.54, 1.807) is 41.9 Å². The molecule has 702 valence electrons. The van der Waals surface area contributed by atoms with E-state index in [2.05, 4.69) is 63.5 Å². The van der Waals surface area contributed by atoms with Crippen LogP contribution in [0.5, 0.6) is 5.75 Å². The van der Waals surface area contributed by atoms with Crippen LogP contribution in [0.15, 0.2) is 84.4 Å². The number of para-hydroxylation sites is 1. The fourth-order valence-corrected chi connectivity index (χ4v) is 17.4. The number of likely N-dealkylation sites (N-methyl/N-ethyl adjacent to an activating group) is 3. The Labute approximate surface area is 752 Å². The molecule has 5 aromatic rings. The van der Waals surface area contributed by atoms with Crippen LogP contribution in [-0.4, -0.2) is 320 Å². The largest absolute Gasteiger partial charge is 0.508 e. The summed E-state index contributed by atoms with van der Waals surface area (Å²) in [6.07, 6.45) is 1.60. The summed E-state index contributed by atoms with van der Waals surface area (Å²) in [6.45, 7) is 0.563. The first-order valence-electron chi connectivity index (χ1n) is 42.8. The predicted molar refractivity (Wildman–Crippen MR) is 474 cm³/mol. The van der Waals surface area contributed by atoms with Gasteiger partial charge in [-0.25, -0.2) is 0 Å². The molecule has 14 atom stereocenters. The molecule has 129 heavy (non-hydrogen) atoms. The lowest BCUT2D eigenvalue weighted by Gasteiger charge is -2.36. The van der Waals surface area contributed by atoms with E-state index in [0.717, 1.165) is 41.0 Å². The van der Waals surface area contributed by atoms with Crippen molar-refractivity contribution in [3.05, 3.63) is 101 Å². The average molecular weight is 1840 g/mol. The van der Waals surface area contributed by atoms with E-state index in [0.29, 0.717) is 58.7 Å². The third-order valence-corrected chi connectivity index (χ3v) is 24.9. The molecule has 3 fully saturated rings. The monoisotopic (exact) mass is 1830 g/mol. The van der Waals surface area contributed by atoms with Crippen LogP contribution in [0.3, 0.4) is 0 Å². The summed E-state index contributed by atoms with van der Waals surface area (Å²) in [5, 5.41) is 81.7. The van der Waals surface area contributed by atoms with E-state index in [1.807, 2.05) is 32.0 Å². The smallest absolute Gasteiger partial charge is 0.248 e. The van der Waals surface area contributed by atoms with Gasteiger partial charge in [0.2, 0.25) is 100 Å². The number of amides is 17. The van der Waals surface area contributed by atoms with E-state index in [-0.39, 0.29) is 96.0 Å². The fraction of sp³-hybridized carbons (Fsp3) is 0.529. The number of phenols is 1. The number of nitrogens with two attached hydrogens (primary N) is 3. The maximum Gasteiger partial charge on any atom is 0.248 e. The second-order valence-corrected chi connectivity index (χ2v) is 34.1. The maximum atomic E-state index is 15.7. The number of aromatic hydroxyl groups is 1. The Morgan fingerprint density at radius 1 is 0.504 bits per heavy atom. The van der Waals surface area contributed by atoms with Crippen molar-refractivity contribution in [3.63, 3.8) is 0 Å². The summed E-state index contributed by atoms with van der Waals surface area (Å²) in [6, 6.07) is -2.66. The number of hydrogen-bond acceptors (Lipinski definition) is 24. The van der Waals surface area contributed by atoms with Crippen LogP contribution in [0.1, 0.15) is 121 Å². The first kappa shape index (κ1) is 102. The molecule has 0 bridgehead atoms. The molecule has 0 spiro atoms. The zero-order chi connectivity index (χ0) is 94.5. The van der Waals surface area contributed by atoms with Gasteiger partial charge in [0.15, 0.2) is 5.96 Å². The predicted octanol–water partition coefficient (Wildman–Crippen LogP) is -4.19. The lowest BCUT2D eigenvalue weighted by molar-refractivity contribution is -0.149. The van der Waals surface area contributed by atoms with Gasteiger partial charge in [0.25, 0.3) is 0 Å². The third-order valence-electron chi connectivity index (χ3n) is 22.9. The number of carbonyl (C=O) groups is 17. The van der Waals surface area contributed by atoms with E-state index < -0.39 is 235 Å². The molecule has 0 radical (unpaired) electrons. The van der Waals surface area contributed by atoms with Gasteiger partial charge in [-0.1, -0.05) is 88.1 Å². The van der Waals surface area contributed by atoms with Gasteiger partial charge < -0.3 is 126 Å². The number of aliphatic hydroxyl groups excluding tert-OH is 3. The highest BCUT2D eigenvalue weighted by Crippen LogP contribution is 2.30. The Kier molecular flexibility index (Phi) is 38.8. The number of nitrogens with one attached hydrogen (secondary N) is 13. The number of thiophene rings is 1. The number of rotatable bonds is 24. The summed E-state index contributed by atoms with van der Waals surface area (Å²) in [7, 11) is 3.88. The number of primary amides is 2. The number of unbranched alkanes of at least 4 members (excludes halogenated alkanes) is 2. The number of aromatic amines is 1. The third kappa shape index (κ3) is 28.2. The van der Waals surface area contributed by atoms with E-state index >= 15 is 24.0 Å². The highest BCUT2D eigenvalue weighted by atomic mass is 32.2. The topological polar surface area (TPSA) is 637 Å². The number of H-pyrrole nitrogens is 1. The summed E-state index contributed by atoms with van der Waals surface area (Å²) >= 11 is 2.10. The highest BCUT2D eigenvalue weighted by Gasteiger charge is 2.45. The summed E-state index contributed by atoms with van der Waals surface area (Å²) in [5.74, 6) is -18.3. The minimum atomic E-state index is -1.88. The number of phenolic OH excluding ortho intramolecular Hbond substituents is 1. The molecule has 3 aliphatic heterocycles. The van der Waals surface area contributed by atoms with Gasteiger partial charge in [-0.3, -0.25) is 86.9 Å². The van der Waals surface area contributed by atoms with Gasteiger partial charge in [0, 0.05) is 87.6 Å². The van der Waals surface area contributed by atoms with Crippen LogP contribution in [0.4, 0.5) is 0 Å². The number of aromatic nitrogens is 1. The van der Waals surface area contributed by atoms with Crippen LogP contribution < -0.4 is 75.7 Å². The normalized spacial score (nSPS) is 24.7. The summed E-state index contributed by atoms with van der Waals surface area (Å²) in [5.41, 5.74) is 18.7. The lowest BCUT2D eigenvalue weighted by Crippen LogP contribution is -2.62.